The lowest BCUT2D eigenvalue weighted by Crippen LogP contribution is -2.30. The number of anilines is 1. The highest BCUT2D eigenvalue weighted by molar-refractivity contribution is 5.94. The lowest BCUT2D eigenvalue weighted by molar-refractivity contribution is -0.122. The molecule has 144 valence electrons. The second-order valence-electron chi connectivity index (χ2n) is 6.72. The molecule has 5 heteroatoms. The smallest absolute Gasteiger partial charge is 0.265 e. The van der Waals surface area contributed by atoms with E-state index < -0.39 is 6.10 Å². The second-order valence-corrected chi connectivity index (χ2v) is 6.72. The second kappa shape index (κ2) is 9.42. The average Bonchev–Trinajstić information content (AvgIpc) is 3.21. The van der Waals surface area contributed by atoms with Gasteiger partial charge in [-0.25, -0.2) is 0 Å². The molecule has 0 aliphatic carbocycles. The Morgan fingerprint density at radius 1 is 1.22 bits per heavy atom. The lowest BCUT2D eigenvalue weighted by Gasteiger charge is -2.16. The molecule has 1 N–H and O–H groups in total. The largest absolute Gasteiger partial charge is 0.491 e. The zero-order chi connectivity index (χ0) is 19.1. The van der Waals surface area contributed by atoms with Crippen molar-refractivity contribution in [3.63, 3.8) is 0 Å². The first-order chi connectivity index (χ1) is 13.1. The molecule has 3 rings (SSSR count). The molecule has 0 aromatic heterocycles. The lowest BCUT2D eigenvalue weighted by atomic mass is 10.2. The molecule has 0 unspecified atom stereocenters. The molecule has 2 aromatic carbocycles. The van der Waals surface area contributed by atoms with Crippen LogP contribution >= 0.6 is 0 Å². The summed E-state index contributed by atoms with van der Waals surface area (Å²) in [4.78, 5) is 12.4. The molecule has 1 heterocycles. The summed E-state index contributed by atoms with van der Waals surface area (Å²) in [5, 5.41) is 2.88. The van der Waals surface area contributed by atoms with Crippen molar-refractivity contribution >= 4 is 11.6 Å². The van der Waals surface area contributed by atoms with Gasteiger partial charge in [0.05, 0.1) is 6.10 Å². The number of hydrogen-bond acceptors (Lipinski definition) is 4. The monoisotopic (exact) mass is 369 g/mol. The van der Waals surface area contributed by atoms with Crippen molar-refractivity contribution < 1.29 is 19.0 Å². The molecule has 27 heavy (non-hydrogen) atoms. The van der Waals surface area contributed by atoms with Crippen LogP contribution in [0.2, 0.25) is 0 Å². The average molecular weight is 369 g/mol. The molecule has 2 aromatic rings. The summed E-state index contributed by atoms with van der Waals surface area (Å²) in [6.45, 7) is 5.18. The van der Waals surface area contributed by atoms with E-state index in [2.05, 4.69) is 12.2 Å². The molecule has 1 saturated heterocycles. The van der Waals surface area contributed by atoms with E-state index in [1.54, 1.807) is 6.92 Å². The van der Waals surface area contributed by atoms with Gasteiger partial charge in [0, 0.05) is 18.4 Å². The fraction of sp³-hybridized carbons (Fsp3) is 0.409. The normalized spacial score (nSPS) is 17.3. The number of rotatable bonds is 8. The zero-order valence-electron chi connectivity index (χ0n) is 15.9. The highest BCUT2D eigenvalue weighted by Crippen LogP contribution is 2.20. The fourth-order valence-electron chi connectivity index (χ4n) is 2.93. The van der Waals surface area contributed by atoms with Crippen LogP contribution in [0.5, 0.6) is 11.5 Å². The van der Waals surface area contributed by atoms with Crippen molar-refractivity contribution in [1.82, 2.24) is 0 Å². The first-order valence-corrected chi connectivity index (χ1v) is 9.55. The molecule has 1 amide bonds. The predicted octanol–water partition coefficient (Wildman–Crippen LogP) is 4.21. The van der Waals surface area contributed by atoms with Crippen molar-refractivity contribution in [3.05, 3.63) is 54.1 Å². The third-order valence-corrected chi connectivity index (χ3v) is 4.58. The number of carbonyl (C=O) groups excluding carboxylic acids is 1. The van der Waals surface area contributed by atoms with Crippen LogP contribution in [0.15, 0.2) is 48.5 Å². The SMILES string of the molecule is CCc1ccc(O[C@H](C)C(=O)Nc2cccc(OC[C@@H]3CCCO3)c2)cc1. The number of hydrogen-bond donors (Lipinski definition) is 1. The maximum Gasteiger partial charge on any atom is 0.265 e. The Hall–Kier alpha value is -2.53. The molecule has 2 atom stereocenters. The fourth-order valence-corrected chi connectivity index (χ4v) is 2.93. The molecular formula is C22H27NO4. The molecule has 0 bridgehead atoms. The highest BCUT2D eigenvalue weighted by atomic mass is 16.5. The summed E-state index contributed by atoms with van der Waals surface area (Å²) in [5.74, 6) is 1.20. The topological polar surface area (TPSA) is 56.8 Å². The van der Waals surface area contributed by atoms with Crippen molar-refractivity contribution in [1.29, 1.82) is 0 Å². The number of ether oxygens (including phenoxy) is 3. The number of nitrogens with one attached hydrogen (secondary N) is 1. The van der Waals surface area contributed by atoms with Gasteiger partial charge in [-0.1, -0.05) is 25.1 Å². The standard InChI is InChI=1S/C22H27NO4/c1-3-17-9-11-19(12-10-17)27-16(2)22(24)23-18-6-4-7-20(14-18)26-15-21-8-5-13-25-21/h4,6-7,9-12,14,16,21H,3,5,8,13,15H2,1-2H3,(H,23,24)/t16-,21+/m1/s1. The summed E-state index contributed by atoms with van der Waals surface area (Å²) in [5.41, 5.74) is 1.92. The maximum absolute atomic E-state index is 12.4. The van der Waals surface area contributed by atoms with Gasteiger partial charge in [0.1, 0.15) is 18.1 Å². The third kappa shape index (κ3) is 5.73. The Bertz CT molecular complexity index is 738. The molecule has 1 aliphatic rings. The van der Waals surface area contributed by atoms with Gasteiger partial charge < -0.3 is 19.5 Å². The molecule has 0 radical (unpaired) electrons. The van der Waals surface area contributed by atoms with Crippen molar-refractivity contribution in [2.45, 2.75) is 45.3 Å². The van der Waals surface area contributed by atoms with E-state index >= 15 is 0 Å². The highest BCUT2D eigenvalue weighted by Gasteiger charge is 2.17. The van der Waals surface area contributed by atoms with Gasteiger partial charge in [-0.15, -0.1) is 0 Å². The van der Waals surface area contributed by atoms with Crippen LogP contribution in [0.4, 0.5) is 5.69 Å². The first kappa shape index (κ1) is 19.2. The van der Waals surface area contributed by atoms with Crippen LogP contribution < -0.4 is 14.8 Å². The molecule has 1 aliphatic heterocycles. The van der Waals surface area contributed by atoms with Gasteiger partial charge in [0.15, 0.2) is 6.10 Å². The van der Waals surface area contributed by atoms with Gasteiger partial charge in [-0.05, 0) is 56.0 Å². The maximum atomic E-state index is 12.4. The molecule has 1 fully saturated rings. The Labute approximate surface area is 160 Å². The molecule has 5 nitrogen and oxygen atoms in total. The molecular weight excluding hydrogens is 342 g/mol. The molecule has 0 saturated carbocycles. The minimum Gasteiger partial charge on any atom is -0.491 e. The predicted molar refractivity (Wildman–Crippen MR) is 105 cm³/mol. The van der Waals surface area contributed by atoms with Crippen molar-refractivity contribution in [3.8, 4) is 11.5 Å². The van der Waals surface area contributed by atoms with Gasteiger partial charge in [0.25, 0.3) is 5.91 Å². The molecule has 0 spiro atoms. The first-order valence-electron chi connectivity index (χ1n) is 9.55. The van der Waals surface area contributed by atoms with Crippen molar-refractivity contribution in [2.75, 3.05) is 18.5 Å². The van der Waals surface area contributed by atoms with Gasteiger partial charge >= 0.3 is 0 Å². The van der Waals surface area contributed by atoms with Gasteiger partial charge in [-0.2, -0.15) is 0 Å². The van der Waals surface area contributed by atoms with Gasteiger partial charge in [0.2, 0.25) is 0 Å². The summed E-state index contributed by atoms with van der Waals surface area (Å²) >= 11 is 0. The third-order valence-electron chi connectivity index (χ3n) is 4.58. The summed E-state index contributed by atoms with van der Waals surface area (Å²) < 4.78 is 17.1. The van der Waals surface area contributed by atoms with Crippen LogP contribution in [0.3, 0.4) is 0 Å². The van der Waals surface area contributed by atoms with Crippen LogP contribution in [0.1, 0.15) is 32.3 Å². The Morgan fingerprint density at radius 2 is 2.04 bits per heavy atom. The summed E-state index contributed by atoms with van der Waals surface area (Å²) in [6, 6.07) is 15.2. The number of benzene rings is 2. The van der Waals surface area contributed by atoms with Crippen molar-refractivity contribution in [2.24, 2.45) is 0 Å². The number of aryl methyl sites for hydroxylation is 1. The van der Waals surface area contributed by atoms with Crippen LogP contribution in [0.25, 0.3) is 0 Å². The quantitative estimate of drug-likeness (QED) is 0.757. The van der Waals surface area contributed by atoms with Crippen LogP contribution in [-0.4, -0.2) is 31.3 Å². The van der Waals surface area contributed by atoms with E-state index in [0.29, 0.717) is 23.8 Å². The van der Waals surface area contributed by atoms with E-state index in [1.807, 2.05) is 48.5 Å². The zero-order valence-corrected chi connectivity index (χ0v) is 15.9. The Morgan fingerprint density at radius 3 is 2.74 bits per heavy atom. The summed E-state index contributed by atoms with van der Waals surface area (Å²) in [6.07, 6.45) is 2.65. The van der Waals surface area contributed by atoms with E-state index in [4.69, 9.17) is 14.2 Å². The minimum absolute atomic E-state index is 0.163. The number of amides is 1. The number of carbonyl (C=O) groups is 1. The van der Waals surface area contributed by atoms with Crippen LogP contribution in [-0.2, 0) is 16.0 Å². The van der Waals surface area contributed by atoms with E-state index in [0.717, 1.165) is 25.9 Å². The van der Waals surface area contributed by atoms with E-state index in [1.165, 1.54) is 5.56 Å². The van der Waals surface area contributed by atoms with E-state index in [-0.39, 0.29) is 12.0 Å². The van der Waals surface area contributed by atoms with E-state index in [9.17, 15) is 4.79 Å². The van der Waals surface area contributed by atoms with Gasteiger partial charge in [-0.3, -0.25) is 4.79 Å². The Balaban J connectivity index is 1.52. The van der Waals surface area contributed by atoms with Crippen LogP contribution in [0, 0.1) is 0 Å². The minimum atomic E-state index is -0.603. The summed E-state index contributed by atoms with van der Waals surface area (Å²) in [7, 11) is 0. The Kier molecular flexibility index (Phi) is 6.71.